The minimum absolute atomic E-state index is 0.174. The molecule has 2 N–H and O–H groups in total. The monoisotopic (exact) mass is 521 g/mol. The predicted molar refractivity (Wildman–Crippen MR) is 146 cm³/mol. The molecule has 186 valence electrons. The average molecular weight is 522 g/mol. The topological polar surface area (TPSA) is 86.3 Å². The first-order valence-electron chi connectivity index (χ1n) is 11.7. The summed E-state index contributed by atoms with van der Waals surface area (Å²) in [6, 6.07) is 16.3. The predicted octanol–water partition coefficient (Wildman–Crippen LogP) is 6.38. The number of rotatable bonds is 8. The summed E-state index contributed by atoms with van der Waals surface area (Å²) in [4.78, 5) is 22.1. The van der Waals surface area contributed by atoms with Gasteiger partial charge in [0.15, 0.2) is 10.6 Å². The normalized spacial score (nSPS) is 11.9. The number of aromatic hydroxyl groups is 1. The van der Waals surface area contributed by atoms with Crippen molar-refractivity contribution in [2.45, 2.75) is 42.9 Å². The van der Waals surface area contributed by atoms with Crippen LogP contribution >= 0.6 is 11.6 Å². The van der Waals surface area contributed by atoms with Gasteiger partial charge in [0, 0.05) is 40.7 Å². The number of aromatic amines is 1. The van der Waals surface area contributed by atoms with Crippen LogP contribution in [0.5, 0.6) is 5.75 Å². The molecule has 2 heterocycles. The molecule has 0 radical (unpaired) electrons. The van der Waals surface area contributed by atoms with Gasteiger partial charge < -0.3 is 15.0 Å². The fraction of sp³-hybridized carbons (Fsp3) is 0.214. The zero-order chi connectivity index (χ0) is 25.8. The second kappa shape index (κ2) is 11.1. The maximum atomic E-state index is 13.6. The van der Waals surface area contributed by atoms with Gasteiger partial charge >= 0.3 is 0 Å². The molecule has 4 aromatic rings. The highest BCUT2D eigenvalue weighted by Crippen LogP contribution is 2.39. The van der Waals surface area contributed by atoms with Crippen molar-refractivity contribution in [2.75, 3.05) is 11.9 Å². The molecule has 8 heteroatoms. The van der Waals surface area contributed by atoms with Crippen molar-refractivity contribution in [3.05, 3.63) is 93.6 Å². The standard InChI is InChI=1S/C28H28ClN3O3S/c1-4-5-9-24-25(32(3)21-8-6-7-20(29)16-21)26(33)27(28(34)31-24)36(35)22-12-10-19(11-13-22)23-14-15-30-17-18(23)2/h6-8,10-17H,4-5,9H2,1-3H3,(H2,31,33,34). The van der Waals surface area contributed by atoms with Gasteiger partial charge in [-0.05, 0) is 72.9 Å². The van der Waals surface area contributed by atoms with Gasteiger partial charge in [0.05, 0.1) is 10.8 Å². The number of aromatic nitrogens is 2. The molecule has 0 aliphatic carbocycles. The highest BCUT2D eigenvalue weighted by molar-refractivity contribution is 7.85. The molecule has 0 fully saturated rings. The van der Waals surface area contributed by atoms with Crippen molar-refractivity contribution in [3.8, 4) is 16.9 Å². The summed E-state index contributed by atoms with van der Waals surface area (Å²) < 4.78 is 13.6. The van der Waals surface area contributed by atoms with Crippen LogP contribution in [0.1, 0.15) is 31.0 Å². The maximum Gasteiger partial charge on any atom is 0.268 e. The molecular formula is C28H28ClN3O3S. The van der Waals surface area contributed by atoms with E-state index in [2.05, 4.69) is 16.9 Å². The second-order valence-electron chi connectivity index (χ2n) is 8.59. The van der Waals surface area contributed by atoms with Crippen LogP contribution in [0.2, 0.25) is 5.02 Å². The minimum Gasteiger partial charge on any atom is -0.504 e. The molecule has 36 heavy (non-hydrogen) atoms. The third-order valence-corrected chi connectivity index (χ3v) is 7.78. The van der Waals surface area contributed by atoms with E-state index in [1.807, 2.05) is 37.3 Å². The van der Waals surface area contributed by atoms with Crippen LogP contribution in [0.25, 0.3) is 11.1 Å². The molecule has 0 amide bonds. The molecule has 2 aromatic heterocycles. The molecule has 0 saturated heterocycles. The number of nitrogens with one attached hydrogen (secondary N) is 1. The van der Waals surface area contributed by atoms with Crippen LogP contribution in [0.15, 0.2) is 81.6 Å². The van der Waals surface area contributed by atoms with Crippen molar-refractivity contribution in [1.29, 1.82) is 0 Å². The molecule has 0 bridgehead atoms. The van der Waals surface area contributed by atoms with Crippen LogP contribution in [-0.4, -0.2) is 26.3 Å². The van der Waals surface area contributed by atoms with Gasteiger partial charge in [-0.2, -0.15) is 0 Å². The van der Waals surface area contributed by atoms with Crippen LogP contribution < -0.4 is 10.5 Å². The van der Waals surface area contributed by atoms with E-state index in [0.29, 0.717) is 27.7 Å². The molecular weight excluding hydrogens is 494 g/mol. The SMILES string of the molecule is CCCCc1[nH]c(=O)c(S(=O)c2ccc(-c3ccncc3C)cc2)c(O)c1N(C)c1cccc(Cl)c1. The Bertz CT molecular complexity index is 1470. The Labute approximate surface area is 218 Å². The van der Waals surface area contributed by atoms with E-state index in [1.165, 1.54) is 0 Å². The molecule has 0 aliphatic rings. The van der Waals surface area contributed by atoms with Crippen molar-refractivity contribution >= 4 is 33.8 Å². The first-order valence-corrected chi connectivity index (χ1v) is 13.2. The highest BCUT2D eigenvalue weighted by atomic mass is 35.5. The molecule has 2 aromatic carbocycles. The summed E-state index contributed by atoms with van der Waals surface area (Å²) in [5.41, 5.74) is 4.17. The Morgan fingerprint density at radius 2 is 1.89 bits per heavy atom. The molecule has 1 atom stereocenters. The lowest BCUT2D eigenvalue weighted by molar-refractivity contribution is 0.457. The van der Waals surface area contributed by atoms with Gasteiger partial charge in [-0.1, -0.05) is 43.1 Å². The fourth-order valence-electron chi connectivity index (χ4n) is 4.17. The molecule has 0 saturated carbocycles. The Hall–Kier alpha value is -3.42. The molecule has 6 nitrogen and oxygen atoms in total. The maximum absolute atomic E-state index is 13.6. The van der Waals surface area contributed by atoms with Gasteiger partial charge in [0.1, 0.15) is 5.69 Å². The van der Waals surface area contributed by atoms with E-state index in [-0.39, 0.29) is 10.6 Å². The number of hydrogen-bond acceptors (Lipinski definition) is 5. The number of hydrogen-bond donors (Lipinski definition) is 2. The largest absolute Gasteiger partial charge is 0.504 e. The number of unbranched alkanes of at least 4 members (excludes halogenated alkanes) is 1. The van der Waals surface area contributed by atoms with Crippen LogP contribution in [0.4, 0.5) is 11.4 Å². The molecule has 4 rings (SSSR count). The Kier molecular flexibility index (Phi) is 7.91. The van der Waals surface area contributed by atoms with E-state index in [4.69, 9.17) is 11.6 Å². The van der Waals surface area contributed by atoms with E-state index in [1.54, 1.807) is 48.6 Å². The zero-order valence-electron chi connectivity index (χ0n) is 20.4. The van der Waals surface area contributed by atoms with Gasteiger partial charge in [-0.3, -0.25) is 9.78 Å². The Morgan fingerprint density at radius 1 is 1.14 bits per heavy atom. The third kappa shape index (κ3) is 5.22. The summed E-state index contributed by atoms with van der Waals surface area (Å²) >= 11 is 6.19. The number of anilines is 2. The van der Waals surface area contributed by atoms with Crippen molar-refractivity contribution in [1.82, 2.24) is 9.97 Å². The van der Waals surface area contributed by atoms with E-state index in [9.17, 15) is 14.1 Å². The van der Waals surface area contributed by atoms with E-state index < -0.39 is 16.4 Å². The van der Waals surface area contributed by atoms with Crippen molar-refractivity contribution in [2.24, 2.45) is 0 Å². The van der Waals surface area contributed by atoms with Gasteiger partial charge in [0.2, 0.25) is 0 Å². The lowest BCUT2D eigenvalue weighted by Gasteiger charge is -2.24. The second-order valence-corrected chi connectivity index (χ2v) is 10.4. The zero-order valence-corrected chi connectivity index (χ0v) is 22.0. The summed E-state index contributed by atoms with van der Waals surface area (Å²) in [5.74, 6) is -0.292. The van der Waals surface area contributed by atoms with Gasteiger partial charge in [0.25, 0.3) is 5.56 Å². The number of nitrogens with zero attached hydrogens (tertiary/aromatic N) is 2. The average Bonchev–Trinajstić information content (AvgIpc) is 2.87. The quantitative estimate of drug-likeness (QED) is 0.281. The first kappa shape index (κ1) is 25.7. The van der Waals surface area contributed by atoms with Crippen molar-refractivity contribution < 1.29 is 9.32 Å². The molecule has 1 unspecified atom stereocenters. The van der Waals surface area contributed by atoms with Crippen LogP contribution in [0, 0.1) is 6.92 Å². The molecule has 0 aliphatic heterocycles. The van der Waals surface area contributed by atoms with Gasteiger partial charge in [-0.25, -0.2) is 4.21 Å². The number of benzene rings is 2. The van der Waals surface area contributed by atoms with E-state index in [0.717, 1.165) is 35.2 Å². The number of aryl methyl sites for hydroxylation is 2. The third-order valence-electron chi connectivity index (χ3n) is 6.09. The summed E-state index contributed by atoms with van der Waals surface area (Å²) in [6.07, 6.45) is 5.82. The fourth-order valence-corrected chi connectivity index (χ4v) is 5.46. The lowest BCUT2D eigenvalue weighted by atomic mass is 10.0. The Morgan fingerprint density at radius 3 is 2.56 bits per heavy atom. The lowest BCUT2D eigenvalue weighted by Crippen LogP contribution is -2.22. The highest BCUT2D eigenvalue weighted by Gasteiger charge is 2.25. The smallest absolute Gasteiger partial charge is 0.268 e. The first-order chi connectivity index (χ1) is 17.3. The number of halogens is 1. The summed E-state index contributed by atoms with van der Waals surface area (Å²) in [5, 5.41) is 11.9. The number of H-pyrrole nitrogens is 1. The summed E-state index contributed by atoms with van der Waals surface area (Å²) in [7, 11) is -0.116. The van der Waals surface area contributed by atoms with Gasteiger partial charge in [-0.15, -0.1) is 0 Å². The minimum atomic E-state index is -1.90. The number of pyridine rings is 2. The van der Waals surface area contributed by atoms with Crippen LogP contribution in [-0.2, 0) is 17.2 Å². The van der Waals surface area contributed by atoms with Crippen LogP contribution in [0.3, 0.4) is 0 Å². The van der Waals surface area contributed by atoms with Crippen molar-refractivity contribution in [3.63, 3.8) is 0 Å². The Balaban J connectivity index is 1.78. The summed E-state index contributed by atoms with van der Waals surface area (Å²) in [6.45, 7) is 4.03. The molecule has 0 spiro atoms. The van der Waals surface area contributed by atoms with E-state index >= 15 is 0 Å².